The number of hydrogen-bond donors (Lipinski definition) is 2. The molecule has 138 valence electrons. The molecule has 0 bridgehead atoms. The number of anilines is 1. The number of rotatable bonds is 5. The molecule has 0 aliphatic carbocycles. The van der Waals surface area contributed by atoms with Crippen LogP contribution >= 0.6 is 11.6 Å². The third-order valence-corrected chi connectivity index (χ3v) is 5.04. The first kappa shape index (κ1) is 18.8. The summed E-state index contributed by atoms with van der Waals surface area (Å²) < 4.78 is 32.2. The third-order valence-electron chi connectivity index (χ3n) is 3.44. The van der Waals surface area contributed by atoms with E-state index in [1.54, 1.807) is 36.4 Å². The fraction of sp³-hybridized carbons (Fsp3) is 0. The van der Waals surface area contributed by atoms with Gasteiger partial charge in [0, 0.05) is 10.7 Å². The molecule has 3 aromatic carbocycles. The summed E-state index contributed by atoms with van der Waals surface area (Å²) in [6, 6.07) is 20.2. The molecule has 3 aromatic rings. The molecule has 6 nitrogen and oxygen atoms in total. The number of amides is 2. The molecule has 0 fully saturated rings. The number of benzene rings is 3. The van der Waals surface area contributed by atoms with Crippen LogP contribution in [0.15, 0.2) is 83.8 Å². The average molecular weight is 403 g/mol. The quantitative estimate of drug-likeness (QED) is 0.651. The van der Waals surface area contributed by atoms with Gasteiger partial charge in [-0.1, -0.05) is 29.8 Å². The molecule has 0 atom stereocenters. The first-order valence-corrected chi connectivity index (χ1v) is 9.71. The number of halogens is 1. The van der Waals surface area contributed by atoms with Crippen molar-refractivity contribution < 1.29 is 17.9 Å². The minimum Gasteiger partial charge on any atom is -0.457 e. The second-order valence-corrected chi connectivity index (χ2v) is 7.57. The van der Waals surface area contributed by atoms with E-state index in [0.717, 1.165) is 0 Å². The standard InChI is InChI=1S/C19H15ClN2O4S/c20-14-6-8-15(9-7-14)21-19(23)22-27(24,25)18-12-10-17(11-13-18)26-16-4-2-1-3-5-16/h1-13H,(H2,21,22,23). The zero-order chi connectivity index (χ0) is 19.3. The highest BCUT2D eigenvalue weighted by Crippen LogP contribution is 2.22. The Morgan fingerprint density at radius 1 is 0.815 bits per heavy atom. The molecule has 0 saturated carbocycles. The third kappa shape index (κ3) is 5.22. The molecule has 0 unspecified atom stereocenters. The van der Waals surface area contributed by atoms with Crippen LogP contribution in [0.2, 0.25) is 5.02 Å². The van der Waals surface area contributed by atoms with Gasteiger partial charge in [0.25, 0.3) is 10.0 Å². The lowest BCUT2D eigenvalue weighted by molar-refractivity contribution is 0.256. The molecule has 27 heavy (non-hydrogen) atoms. The van der Waals surface area contributed by atoms with E-state index >= 15 is 0 Å². The van der Waals surface area contributed by atoms with E-state index < -0.39 is 16.1 Å². The van der Waals surface area contributed by atoms with Gasteiger partial charge in [0.15, 0.2) is 0 Å². The first-order valence-electron chi connectivity index (χ1n) is 7.85. The van der Waals surface area contributed by atoms with Crippen LogP contribution in [-0.4, -0.2) is 14.4 Å². The Hall–Kier alpha value is -3.03. The van der Waals surface area contributed by atoms with Gasteiger partial charge in [-0.25, -0.2) is 17.9 Å². The van der Waals surface area contributed by atoms with Crippen molar-refractivity contribution >= 4 is 33.3 Å². The summed E-state index contributed by atoms with van der Waals surface area (Å²) in [6.07, 6.45) is 0. The molecule has 0 heterocycles. The molecule has 2 N–H and O–H groups in total. The molecule has 0 aliphatic heterocycles. The zero-order valence-corrected chi connectivity index (χ0v) is 15.5. The van der Waals surface area contributed by atoms with Crippen molar-refractivity contribution in [1.82, 2.24) is 4.72 Å². The van der Waals surface area contributed by atoms with Gasteiger partial charge in [-0.15, -0.1) is 0 Å². The molecule has 0 spiro atoms. The Bertz CT molecular complexity index is 1020. The number of ether oxygens (including phenoxy) is 1. The number of sulfonamides is 1. The summed E-state index contributed by atoms with van der Waals surface area (Å²) in [7, 11) is -4.02. The molecular formula is C19H15ClN2O4S. The molecule has 0 aromatic heterocycles. The van der Waals surface area contributed by atoms with Crippen LogP contribution in [0, 0.1) is 0 Å². The molecule has 0 radical (unpaired) electrons. The second-order valence-electron chi connectivity index (χ2n) is 5.45. The van der Waals surface area contributed by atoms with E-state index in [1.807, 2.05) is 22.9 Å². The Kier molecular flexibility index (Phi) is 5.63. The fourth-order valence-corrected chi connectivity index (χ4v) is 3.22. The van der Waals surface area contributed by atoms with Crippen molar-refractivity contribution in [3.63, 3.8) is 0 Å². The number of hydrogen-bond acceptors (Lipinski definition) is 4. The van der Waals surface area contributed by atoms with Gasteiger partial charge >= 0.3 is 6.03 Å². The van der Waals surface area contributed by atoms with Crippen molar-refractivity contribution in [2.75, 3.05) is 5.32 Å². The van der Waals surface area contributed by atoms with Crippen LogP contribution < -0.4 is 14.8 Å². The lowest BCUT2D eigenvalue weighted by atomic mass is 10.3. The summed E-state index contributed by atoms with van der Waals surface area (Å²) in [5.41, 5.74) is 0.415. The number of nitrogens with one attached hydrogen (secondary N) is 2. The Morgan fingerprint density at radius 3 is 2.04 bits per heavy atom. The van der Waals surface area contributed by atoms with Gasteiger partial charge in [-0.05, 0) is 60.7 Å². The summed E-state index contributed by atoms with van der Waals surface area (Å²) in [5.74, 6) is 1.11. The minimum absolute atomic E-state index is 0.0610. The SMILES string of the molecule is O=C(Nc1ccc(Cl)cc1)NS(=O)(=O)c1ccc(Oc2ccccc2)cc1. The monoisotopic (exact) mass is 402 g/mol. The topological polar surface area (TPSA) is 84.5 Å². The van der Waals surface area contributed by atoms with Crippen LogP contribution in [0.25, 0.3) is 0 Å². The minimum atomic E-state index is -4.02. The van der Waals surface area contributed by atoms with Crippen molar-refractivity contribution in [1.29, 1.82) is 0 Å². The lowest BCUT2D eigenvalue weighted by Crippen LogP contribution is -2.34. The summed E-state index contributed by atoms with van der Waals surface area (Å²) in [5, 5.41) is 2.93. The van der Waals surface area contributed by atoms with E-state index in [9.17, 15) is 13.2 Å². The summed E-state index contributed by atoms with van der Waals surface area (Å²) in [6.45, 7) is 0. The van der Waals surface area contributed by atoms with Crippen molar-refractivity contribution in [3.8, 4) is 11.5 Å². The predicted molar refractivity (Wildman–Crippen MR) is 104 cm³/mol. The van der Waals surface area contributed by atoms with E-state index in [1.165, 1.54) is 24.3 Å². The van der Waals surface area contributed by atoms with Crippen molar-refractivity contribution in [2.45, 2.75) is 4.90 Å². The smallest absolute Gasteiger partial charge is 0.333 e. The van der Waals surface area contributed by atoms with Gasteiger partial charge in [0.05, 0.1) is 4.90 Å². The highest BCUT2D eigenvalue weighted by Gasteiger charge is 2.17. The lowest BCUT2D eigenvalue weighted by Gasteiger charge is -2.10. The number of urea groups is 1. The average Bonchev–Trinajstić information content (AvgIpc) is 2.64. The Morgan fingerprint density at radius 2 is 1.41 bits per heavy atom. The molecular weight excluding hydrogens is 388 g/mol. The zero-order valence-electron chi connectivity index (χ0n) is 13.9. The number of carbonyl (C=O) groups is 1. The number of para-hydroxylation sites is 1. The van der Waals surface area contributed by atoms with Gasteiger partial charge in [0.1, 0.15) is 11.5 Å². The maximum atomic E-state index is 12.3. The normalized spacial score (nSPS) is 10.9. The predicted octanol–water partition coefficient (Wildman–Crippen LogP) is 4.64. The highest BCUT2D eigenvalue weighted by molar-refractivity contribution is 7.90. The first-order chi connectivity index (χ1) is 12.9. The van der Waals surface area contributed by atoms with Crippen LogP contribution in [-0.2, 0) is 10.0 Å². The summed E-state index contributed by atoms with van der Waals surface area (Å²) in [4.78, 5) is 11.9. The van der Waals surface area contributed by atoms with Gasteiger partial charge in [-0.2, -0.15) is 0 Å². The van der Waals surface area contributed by atoms with Crippen LogP contribution in [0.5, 0.6) is 11.5 Å². The molecule has 2 amide bonds. The van der Waals surface area contributed by atoms with Crippen LogP contribution in [0.4, 0.5) is 10.5 Å². The fourth-order valence-electron chi connectivity index (χ4n) is 2.18. The molecule has 0 aliphatic rings. The highest BCUT2D eigenvalue weighted by atomic mass is 35.5. The molecule has 3 rings (SSSR count). The van der Waals surface area contributed by atoms with Crippen molar-refractivity contribution in [3.05, 3.63) is 83.9 Å². The van der Waals surface area contributed by atoms with Gasteiger partial charge < -0.3 is 10.1 Å². The maximum absolute atomic E-state index is 12.3. The summed E-state index contributed by atoms with van der Waals surface area (Å²) >= 11 is 5.76. The van der Waals surface area contributed by atoms with E-state index in [2.05, 4.69) is 5.32 Å². The number of carbonyl (C=O) groups excluding carboxylic acids is 1. The largest absolute Gasteiger partial charge is 0.457 e. The van der Waals surface area contributed by atoms with Gasteiger partial charge in [0.2, 0.25) is 0 Å². The van der Waals surface area contributed by atoms with Crippen LogP contribution in [0.3, 0.4) is 0 Å². The molecule has 8 heteroatoms. The van der Waals surface area contributed by atoms with E-state index in [0.29, 0.717) is 22.2 Å². The Balaban J connectivity index is 1.65. The van der Waals surface area contributed by atoms with E-state index in [-0.39, 0.29) is 4.90 Å². The van der Waals surface area contributed by atoms with Crippen molar-refractivity contribution in [2.24, 2.45) is 0 Å². The van der Waals surface area contributed by atoms with Gasteiger partial charge in [-0.3, -0.25) is 0 Å². The van der Waals surface area contributed by atoms with E-state index in [4.69, 9.17) is 16.3 Å². The molecule has 0 saturated heterocycles. The van der Waals surface area contributed by atoms with Crippen LogP contribution in [0.1, 0.15) is 0 Å². The Labute approximate surface area is 161 Å². The second kappa shape index (κ2) is 8.11. The maximum Gasteiger partial charge on any atom is 0.333 e.